The molecule has 1 aromatic carbocycles. The van der Waals surface area contributed by atoms with Gasteiger partial charge in [0, 0.05) is 21.3 Å². The molecule has 0 aliphatic carbocycles. The third-order valence-electron chi connectivity index (χ3n) is 2.39. The highest BCUT2D eigenvalue weighted by molar-refractivity contribution is 9.10. The number of Topliss-reactive ketones (excluding diaryl/α,β-unsaturated/α-hetero) is 1. The monoisotopic (exact) mass is 328 g/mol. The zero-order valence-corrected chi connectivity index (χ0v) is 12.3. The third-order valence-corrected chi connectivity index (χ3v) is 4.31. The van der Waals surface area contributed by atoms with Crippen LogP contribution in [0.2, 0.25) is 4.34 Å². The van der Waals surface area contributed by atoms with Crippen LogP contribution in [0.25, 0.3) is 0 Å². The molecule has 0 bridgehead atoms. The van der Waals surface area contributed by atoms with E-state index in [1.807, 2.05) is 37.3 Å². The van der Waals surface area contributed by atoms with Gasteiger partial charge in [0.15, 0.2) is 5.78 Å². The first-order chi connectivity index (χ1) is 8.06. The van der Waals surface area contributed by atoms with Gasteiger partial charge < -0.3 is 0 Å². The zero-order valence-electron chi connectivity index (χ0n) is 9.17. The second-order valence-corrected chi connectivity index (χ2v) is 6.44. The molecular weight excluding hydrogens is 320 g/mol. The Morgan fingerprint density at radius 3 is 2.76 bits per heavy atom. The van der Waals surface area contributed by atoms with Crippen molar-refractivity contribution in [2.24, 2.45) is 0 Å². The van der Waals surface area contributed by atoms with Crippen LogP contribution in [-0.4, -0.2) is 5.78 Å². The summed E-state index contributed by atoms with van der Waals surface area (Å²) in [6, 6.07) is 9.50. The van der Waals surface area contributed by atoms with Crippen molar-refractivity contribution < 1.29 is 4.79 Å². The zero-order chi connectivity index (χ0) is 12.4. The van der Waals surface area contributed by atoms with Gasteiger partial charge in [0.05, 0.1) is 4.34 Å². The van der Waals surface area contributed by atoms with Crippen molar-refractivity contribution in [1.82, 2.24) is 0 Å². The summed E-state index contributed by atoms with van der Waals surface area (Å²) in [5, 5.41) is 0. The average molecular weight is 330 g/mol. The van der Waals surface area contributed by atoms with Crippen molar-refractivity contribution >= 4 is 44.7 Å². The van der Waals surface area contributed by atoms with E-state index >= 15 is 0 Å². The largest absolute Gasteiger partial charge is 0.294 e. The fourth-order valence-corrected chi connectivity index (χ4v) is 3.11. The lowest BCUT2D eigenvalue weighted by atomic mass is 10.1. The van der Waals surface area contributed by atoms with Gasteiger partial charge in [-0.05, 0) is 31.2 Å². The van der Waals surface area contributed by atoms with Crippen molar-refractivity contribution in [2.75, 3.05) is 0 Å². The van der Waals surface area contributed by atoms with E-state index in [2.05, 4.69) is 15.9 Å². The number of hydrogen-bond acceptors (Lipinski definition) is 2. The van der Waals surface area contributed by atoms with Crippen LogP contribution in [0.3, 0.4) is 0 Å². The number of thiophene rings is 1. The Kier molecular flexibility index (Phi) is 4.02. The summed E-state index contributed by atoms with van der Waals surface area (Å²) >= 11 is 10.7. The molecule has 0 atom stereocenters. The Morgan fingerprint density at radius 1 is 1.35 bits per heavy atom. The number of halogens is 2. The van der Waals surface area contributed by atoms with Gasteiger partial charge >= 0.3 is 0 Å². The van der Waals surface area contributed by atoms with E-state index in [0.29, 0.717) is 6.42 Å². The minimum absolute atomic E-state index is 0.110. The highest BCUT2D eigenvalue weighted by Gasteiger charge is 2.12. The van der Waals surface area contributed by atoms with E-state index in [0.717, 1.165) is 24.8 Å². The van der Waals surface area contributed by atoms with Gasteiger partial charge in [0.25, 0.3) is 0 Å². The number of benzene rings is 1. The predicted octanol–water partition coefficient (Wildman–Crippen LogP) is 4.90. The van der Waals surface area contributed by atoms with E-state index in [-0.39, 0.29) is 5.78 Å². The maximum absolute atomic E-state index is 12.1. The van der Waals surface area contributed by atoms with Crippen molar-refractivity contribution in [3.63, 3.8) is 0 Å². The minimum Gasteiger partial charge on any atom is -0.294 e. The van der Waals surface area contributed by atoms with Gasteiger partial charge in [-0.3, -0.25) is 4.79 Å². The van der Waals surface area contributed by atoms with Crippen LogP contribution in [0.15, 0.2) is 34.8 Å². The van der Waals surface area contributed by atoms with E-state index in [1.54, 1.807) is 0 Å². The molecule has 0 aliphatic rings. The Morgan fingerprint density at radius 2 is 2.12 bits per heavy atom. The maximum atomic E-state index is 12.1. The van der Waals surface area contributed by atoms with Crippen molar-refractivity contribution in [1.29, 1.82) is 0 Å². The molecule has 0 spiro atoms. The summed E-state index contributed by atoms with van der Waals surface area (Å²) < 4.78 is 1.56. The average Bonchev–Trinajstić information content (AvgIpc) is 2.67. The summed E-state index contributed by atoms with van der Waals surface area (Å²) in [6.07, 6.45) is 0.402. The lowest BCUT2D eigenvalue weighted by Crippen LogP contribution is -2.03. The predicted molar refractivity (Wildman–Crippen MR) is 76.2 cm³/mol. The lowest BCUT2D eigenvalue weighted by molar-refractivity contribution is 0.0993. The number of hydrogen-bond donors (Lipinski definition) is 0. The minimum atomic E-state index is 0.110. The first-order valence-electron chi connectivity index (χ1n) is 5.10. The van der Waals surface area contributed by atoms with Gasteiger partial charge in [-0.1, -0.05) is 39.2 Å². The summed E-state index contributed by atoms with van der Waals surface area (Å²) in [4.78, 5) is 13.1. The second kappa shape index (κ2) is 5.34. The van der Waals surface area contributed by atoms with E-state index in [9.17, 15) is 4.79 Å². The van der Waals surface area contributed by atoms with E-state index in [4.69, 9.17) is 11.6 Å². The van der Waals surface area contributed by atoms with Crippen molar-refractivity contribution in [2.45, 2.75) is 13.3 Å². The molecule has 0 N–H and O–H groups in total. The lowest BCUT2D eigenvalue weighted by Gasteiger charge is -2.04. The molecule has 0 fully saturated rings. The van der Waals surface area contributed by atoms with Crippen molar-refractivity contribution in [3.8, 4) is 0 Å². The fourth-order valence-electron chi connectivity index (χ4n) is 1.55. The standard InChI is InChI=1S/C13H10BrClOS/c1-8-2-4-11(14)10(6-8)12(16)7-9-3-5-13(15)17-9/h2-6H,7H2,1H3. The molecule has 0 saturated heterocycles. The highest BCUT2D eigenvalue weighted by atomic mass is 79.9. The fraction of sp³-hybridized carbons (Fsp3) is 0.154. The van der Waals surface area contributed by atoms with Crippen LogP contribution < -0.4 is 0 Å². The quantitative estimate of drug-likeness (QED) is 0.732. The van der Waals surface area contributed by atoms with Crippen LogP contribution in [0.4, 0.5) is 0 Å². The Bertz CT molecular complexity index is 562. The number of rotatable bonds is 3. The molecule has 0 amide bonds. The Balaban J connectivity index is 2.22. The van der Waals surface area contributed by atoms with Gasteiger partial charge in [-0.25, -0.2) is 0 Å². The smallest absolute Gasteiger partial charge is 0.169 e. The number of ketones is 1. The van der Waals surface area contributed by atoms with Crippen LogP contribution >= 0.6 is 38.9 Å². The number of carbonyl (C=O) groups is 1. The second-order valence-electron chi connectivity index (χ2n) is 3.79. The van der Waals surface area contributed by atoms with Gasteiger partial charge in [-0.2, -0.15) is 0 Å². The summed E-state index contributed by atoms with van der Waals surface area (Å²) in [5.41, 5.74) is 1.82. The molecule has 88 valence electrons. The van der Waals surface area contributed by atoms with Crippen LogP contribution in [0, 0.1) is 6.92 Å². The summed E-state index contributed by atoms with van der Waals surface area (Å²) in [7, 11) is 0. The first-order valence-corrected chi connectivity index (χ1v) is 7.08. The molecular formula is C13H10BrClOS. The molecule has 0 unspecified atom stereocenters. The molecule has 1 nitrogen and oxygen atoms in total. The van der Waals surface area contributed by atoms with Crippen molar-refractivity contribution in [3.05, 3.63) is 55.1 Å². The molecule has 0 saturated carbocycles. The maximum Gasteiger partial charge on any atom is 0.169 e. The summed E-state index contributed by atoms with van der Waals surface area (Å²) in [5.74, 6) is 0.110. The van der Waals surface area contributed by atoms with Gasteiger partial charge in [0.2, 0.25) is 0 Å². The molecule has 4 heteroatoms. The Labute approximate surface area is 118 Å². The number of carbonyl (C=O) groups excluding carboxylic acids is 1. The molecule has 2 rings (SSSR count). The molecule has 0 aliphatic heterocycles. The molecule has 17 heavy (non-hydrogen) atoms. The SMILES string of the molecule is Cc1ccc(Br)c(C(=O)Cc2ccc(Cl)s2)c1. The molecule has 2 aromatic rings. The van der Waals surface area contributed by atoms with Gasteiger partial charge in [0.1, 0.15) is 0 Å². The first kappa shape index (κ1) is 12.8. The van der Waals surface area contributed by atoms with Crippen LogP contribution in [-0.2, 0) is 6.42 Å². The molecule has 1 aromatic heterocycles. The summed E-state index contributed by atoms with van der Waals surface area (Å²) in [6.45, 7) is 1.98. The topological polar surface area (TPSA) is 17.1 Å². The van der Waals surface area contributed by atoms with E-state index in [1.165, 1.54) is 11.3 Å². The van der Waals surface area contributed by atoms with E-state index < -0.39 is 0 Å². The third kappa shape index (κ3) is 3.18. The van der Waals surface area contributed by atoms with Gasteiger partial charge in [-0.15, -0.1) is 11.3 Å². The highest BCUT2D eigenvalue weighted by Crippen LogP contribution is 2.25. The van der Waals surface area contributed by atoms with Crippen LogP contribution in [0.1, 0.15) is 20.8 Å². The Hall–Kier alpha value is -0.640. The molecule has 1 heterocycles. The molecule has 0 radical (unpaired) electrons. The van der Waals surface area contributed by atoms with Crippen LogP contribution in [0.5, 0.6) is 0 Å². The normalized spacial score (nSPS) is 10.5. The number of aryl methyl sites for hydroxylation is 1.